The molecule has 0 fully saturated rings. The minimum absolute atomic E-state index is 0.640. The molecule has 1 unspecified atom stereocenters. The molecule has 0 radical (unpaired) electrons. The lowest BCUT2D eigenvalue weighted by Crippen LogP contribution is -2.03. The van der Waals surface area contributed by atoms with E-state index in [0.717, 1.165) is 28.9 Å². The highest BCUT2D eigenvalue weighted by molar-refractivity contribution is 5.46. The molecule has 1 N–H and O–H groups in total. The molecule has 0 amide bonds. The Morgan fingerprint density at radius 1 is 1.15 bits per heavy atom. The van der Waals surface area contributed by atoms with Crippen LogP contribution in [0, 0.1) is 6.92 Å². The lowest BCUT2D eigenvalue weighted by Gasteiger charge is -2.15. The number of pyridine rings is 1. The normalized spacial score (nSPS) is 15.5. The first-order chi connectivity index (χ1) is 9.75. The molecule has 0 bridgehead atoms. The van der Waals surface area contributed by atoms with Crippen LogP contribution in [0.25, 0.3) is 0 Å². The van der Waals surface area contributed by atoms with E-state index in [1.54, 1.807) is 12.4 Å². The van der Waals surface area contributed by atoms with Crippen LogP contribution in [0.4, 0.5) is 0 Å². The molecule has 104 valence electrons. The van der Waals surface area contributed by atoms with Crippen LogP contribution < -0.4 is 9.47 Å². The van der Waals surface area contributed by atoms with Crippen LogP contribution in [-0.2, 0) is 0 Å². The average Bonchev–Trinajstić information content (AvgIpc) is 2.71. The summed E-state index contributed by atoms with van der Waals surface area (Å²) in [6.45, 7) is 3.24. The topological polar surface area (TPSA) is 51.6 Å². The highest BCUT2D eigenvalue weighted by Gasteiger charge is 2.17. The van der Waals surface area contributed by atoms with E-state index < -0.39 is 6.10 Å². The minimum Gasteiger partial charge on any atom is -0.490 e. The molecule has 0 saturated carbocycles. The van der Waals surface area contributed by atoms with Crippen LogP contribution in [0.15, 0.2) is 36.7 Å². The summed E-state index contributed by atoms with van der Waals surface area (Å²) in [5.41, 5.74) is 2.62. The van der Waals surface area contributed by atoms with Gasteiger partial charge in [-0.2, -0.15) is 0 Å². The lowest BCUT2D eigenvalue weighted by atomic mass is 9.99. The van der Waals surface area contributed by atoms with Crippen LogP contribution in [-0.4, -0.2) is 23.3 Å². The number of aliphatic hydroxyl groups excluding tert-OH is 1. The Morgan fingerprint density at radius 3 is 2.75 bits per heavy atom. The summed E-state index contributed by atoms with van der Waals surface area (Å²) in [5.74, 6) is 1.44. The van der Waals surface area contributed by atoms with Crippen LogP contribution in [0.5, 0.6) is 11.5 Å². The lowest BCUT2D eigenvalue weighted by molar-refractivity contribution is 0.218. The summed E-state index contributed by atoms with van der Waals surface area (Å²) < 4.78 is 11.3. The number of aliphatic hydroxyl groups is 1. The number of hydrogen-bond donors (Lipinski definition) is 1. The maximum absolute atomic E-state index is 10.5. The Labute approximate surface area is 118 Å². The van der Waals surface area contributed by atoms with Crippen LogP contribution >= 0.6 is 0 Å². The second-order valence-electron chi connectivity index (χ2n) is 4.89. The Balaban J connectivity index is 1.94. The van der Waals surface area contributed by atoms with Crippen molar-refractivity contribution in [3.05, 3.63) is 53.3 Å². The van der Waals surface area contributed by atoms with Gasteiger partial charge in [-0.1, -0.05) is 6.07 Å². The largest absolute Gasteiger partial charge is 0.490 e. The number of aromatic nitrogens is 1. The maximum atomic E-state index is 10.5. The van der Waals surface area contributed by atoms with Crippen molar-refractivity contribution in [1.29, 1.82) is 0 Å². The molecule has 2 heterocycles. The molecular weight excluding hydrogens is 254 g/mol. The SMILES string of the molecule is Cc1cnccc1C(O)c1ccc2c(c1)OCCCO2. The third kappa shape index (κ3) is 2.47. The zero-order chi connectivity index (χ0) is 13.9. The standard InChI is InChI=1S/C16H17NO3/c1-11-10-17-6-5-13(11)16(18)12-3-4-14-15(9-12)20-8-2-7-19-14/h3-6,9-10,16,18H,2,7-8H2,1H3. The first kappa shape index (κ1) is 12.9. The van der Waals surface area contributed by atoms with Gasteiger partial charge in [0.25, 0.3) is 0 Å². The van der Waals surface area contributed by atoms with Crippen molar-refractivity contribution in [2.24, 2.45) is 0 Å². The summed E-state index contributed by atoms with van der Waals surface area (Å²) in [6.07, 6.45) is 3.63. The third-order valence-electron chi connectivity index (χ3n) is 3.45. The van der Waals surface area contributed by atoms with E-state index in [1.807, 2.05) is 31.2 Å². The predicted molar refractivity (Wildman–Crippen MR) is 75.1 cm³/mol. The number of ether oxygens (including phenoxy) is 2. The summed E-state index contributed by atoms with van der Waals surface area (Å²) >= 11 is 0. The molecule has 1 aromatic carbocycles. The summed E-state index contributed by atoms with van der Waals surface area (Å²) in [7, 11) is 0. The molecule has 3 rings (SSSR count). The fourth-order valence-electron chi connectivity index (χ4n) is 2.32. The smallest absolute Gasteiger partial charge is 0.161 e. The molecule has 0 aliphatic carbocycles. The zero-order valence-corrected chi connectivity index (χ0v) is 11.4. The summed E-state index contributed by atoms with van der Waals surface area (Å²) in [5, 5.41) is 10.5. The second kappa shape index (κ2) is 5.51. The van der Waals surface area contributed by atoms with E-state index in [4.69, 9.17) is 9.47 Å². The Morgan fingerprint density at radius 2 is 1.95 bits per heavy atom. The Hall–Kier alpha value is -2.07. The van der Waals surface area contributed by atoms with Crippen molar-refractivity contribution in [3.63, 3.8) is 0 Å². The van der Waals surface area contributed by atoms with Gasteiger partial charge in [0.1, 0.15) is 6.10 Å². The number of rotatable bonds is 2. The van der Waals surface area contributed by atoms with Crippen LogP contribution in [0.3, 0.4) is 0 Å². The fourth-order valence-corrected chi connectivity index (χ4v) is 2.32. The second-order valence-corrected chi connectivity index (χ2v) is 4.89. The van der Waals surface area contributed by atoms with Crippen molar-refractivity contribution >= 4 is 0 Å². The van der Waals surface area contributed by atoms with Gasteiger partial charge in [0.2, 0.25) is 0 Å². The van der Waals surface area contributed by atoms with Gasteiger partial charge in [-0.05, 0) is 41.8 Å². The van der Waals surface area contributed by atoms with Gasteiger partial charge in [-0.25, -0.2) is 0 Å². The van der Waals surface area contributed by atoms with Gasteiger partial charge < -0.3 is 14.6 Å². The van der Waals surface area contributed by atoms with Crippen LogP contribution in [0.2, 0.25) is 0 Å². The van der Waals surface area contributed by atoms with Gasteiger partial charge >= 0.3 is 0 Å². The van der Waals surface area contributed by atoms with Gasteiger partial charge in [0.05, 0.1) is 13.2 Å². The van der Waals surface area contributed by atoms with Crippen LogP contribution in [0.1, 0.15) is 29.2 Å². The zero-order valence-electron chi connectivity index (χ0n) is 11.4. The molecule has 4 nitrogen and oxygen atoms in total. The van der Waals surface area contributed by atoms with Crippen molar-refractivity contribution < 1.29 is 14.6 Å². The van der Waals surface area contributed by atoms with E-state index in [0.29, 0.717) is 19.0 Å². The number of aryl methyl sites for hydroxylation is 1. The van der Waals surface area contributed by atoms with E-state index in [1.165, 1.54) is 0 Å². The minimum atomic E-state index is -0.685. The number of hydrogen-bond acceptors (Lipinski definition) is 4. The maximum Gasteiger partial charge on any atom is 0.161 e. The fraction of sp³-hybridized carbons (Fsp3) is 0.312. The van der Waals surface area contributed by atoms with Gasteiger partial charge in [-0.3, -0.25) is 4.98 Å². The monoisotopic (exact) mass is 271 g/mol. The summed E-state index contributed by atoms with van der Waals surface area (Å²) in [6, 6.07) is 7.42. The Kier molecular flexibility index (Phi) is 3.56. The molecule has 1 aliphatic rings. The first-order valence-corrected chi connectivity index (χ1v) is 6.74. The summed E-state index contributed by atoms with van der Waals surface area (Å²) in [4.78, 5) is 4.05. The molecule has 1 aliphatic heterocycles. The molecule has 2 aromatic rings. The number of nitrogens with zero attached hydrogens (tertiary/aromatic N) is 1. The van der Waals surface area contributed by atoms with E-state index >= 15 is 0 Å². The quantitative estimate of drug-likeness (QED) is 0.912. The van der Waals surface area contributed by atoms with Gasteiger partial charge in [0.15, 0.2) is 11.5 Å². The first-order valence-electron chi connectivity index (χ1n) is 6.74. The Bertz CT molecular complexity index is 612. The molecule has 1 atom stereocenters. The van der Waals surface area contributed by atoms with Crippen molar-refractivity contribution in [2.45, 2.75) is 19.4 Å². The van der Waals surface area contributed by atoms with Gasteiger partial charge in [-0.15, -0.1) is 0 Å². The van der Waals surface area contributed by atoms with E-state index in [-0.39, 0.29) is 0 Å². The molecule has 0 saturated heterocycles. The molecular formula is C16H17NO3. The molecule has 0 spiro atoms. The molecule has 1 aromatic heterocycles. The molecule has 4 heteroatoms. The predicted octanol–water partition coefficient (Wildman–Crippen LogP) is 2.63. The third-order valence-corrected chi connectivity index (χ3v) is 3.45. The highest BCUT2D eigenvalue weighted by atomic mass is 16.5. The van der Waals surface area contributed by atoms with Crippen molar-refractivity contribution in [3.8, 4) is 11.5 Å². The van der Waals surface area contributed by atoms with Crippen molar-refractivity contribution in [1.82, 2.24) is 4.98 Å². The molecule has 20 heavy (non-hydrogen) atoms. The highest BCUT2D eigenvalue weighted by Crippen LogP contribution is 2.34. The number of fused-ring (bicyclic) bond motifs is 1. The van der Waals surface area contributed by atoms with Crippen molar-refractivity contribution in [2.75, 3.05) is 13.2 Å². The average molecular weight is 271 g/mol. The van der Waals surface area contributed by atoms with E-state index in [2.05, 4.69) is 4.98 Å². The number of benzene rings is 1. The van der Waals surface area contributed by atoms with Gasteiger partial charge in [0, 0.05) is 18.8 Å². The van der Waals surface area contributed by atoms with E-state index in [9.17, 15) is 5.11 Å².